The van der Waals surface area contributed by atoms with Crippen LogP contribution in [0.5, 0.6) is 0 Å². The largest absolute Gasteiger partial charge is 0.371 e. The van der Waals surface area contributed by atoms with Crippen LogP contribution >= 0.6 is 0 Å². The summed E-state index contributed by atoms with van der Waals surface area (Å²) >= 11 is 0. The van der Waals surface area contributed by atoms with E-state index in [4.69, 9.17) is 4.74 Å². The van der Waals surface area contributed by atoms with Crippen molar-refractivity contribution in [3.63, 3.8) is 0 Å². The molecular weight excluding hydrogens is 244 g/mol. The van der Waals surface area contributed by atoms with E-state index in [0.29, 0.717) is 13.0 Å². The molecule has 0 radical (unpaired) electrons. The molecule has 0 aromatic heterocycles. The average Bonchev–Trinajstić information content (AvgIpc) is 2.60. The van der Waals surface area contributed by atoms with Gasteiger partial charge in [0.1, 0.15) is 6.04 Å². The predicted octanol–water partition coefficient (Wildman–Crippen LogP) is 1.07. The first kappa shape index (κ1) is 14.3. The lowest BCUT2D eigenvalue weighted by Gasteiger charge is -2.31. The van der Waals surface area contributed by atoms with E-state index in [1.165, 1.54) is 0 Å². The van der Waals surface area contributed by atoms with Crippen LogP contribution in [-0.4, -0.2) is 47.0 Å². The van der Waals surface area contributed by atoms with E-state index in [1.807, 2.05) is 6.92 Å². The van der Waals surface area contributed by atoms with Crippen molar-refractivity contribution in [2.45, 2.75) is 70.7 Å². The monoisotopic (exact) mass is 268 g/mol. The minimum atomic E-state index is -0.438. The molecule has 2 rings (SSSR count). The van der Waals surface area contributed by atoms with Gasteiger partial charge in [-0.2, -0.15) is 0 Å². The normalized spacial score (nSPS) is 35.2. The van der Waals surface area contributed by atoms with E-state index in [-0.39, 0.29) is 29.6 Å². The zero-order valence-electron chi connectivity index (χ0n) is 12.2. The van der Waals surface area contributed by atoms with Gasteiger partial charge >= 0.3 is 0 Å². The number of carbonyl (C=O) groups excluding carboxylic acids is 2. The molecule has 2 amide bonds. The van der Waals surface area contributed by atoms with Crippen molar-refractivity contribution in [1.82, 2.24) is 10.2 Å². The van der Waals surface area contributed by atoms with E-state index in [9.17, 15) is 9.59 Å². The Morgan fingerprint density at radius 1 is 1.37 bits per heavy atom. The summed E-state index contributed by atoms with van der Waals surface area (Å²) in [5, 5.41) is 2.72. The van der Waals surface area contributed by atoms with Crippen molar-refractivity contribution in [1.29, 1.82) is 0 Å². The van der Waals surface area contributed by atoms with E-state index in [0.717, 1.165) is 12.8 Å². The molecule has 5 heteroatoms. The molecule has 0 aliphatic carbocycles. The second kappa shape index (κ2) is 5.12. The van der Waals surface area contributed by atoms with E-state index < -0.39 is 6.04 Å². The third-order valence-electron chi connectivity index (χ3n) is 4.00. The highest BCUT2D eigenvalue weighted by Crippen LogP contribution is 2.30. The Morgan fingerprint density at radius 2 is 2.05 bits per heavy atom. The van der Waals surface area contributed by atoms with Gasteiger partial charge in [-0.25, -0.2) is 0 Å². The van der Waals surface area contributed by atoms with Crippen LogP contribution in [-0.2, 0) is 14.3 Å². The third-order valence-corrected chi connectivity index (χ3v) is 4.00. The second-order valence-corrected chi connectivity index (χ2v) is 6.37. The highest BCUT2D eigenvalue weighted by Gasteiger charge is 2.37. The quantitative estimate of drug-likeness (QED) is 0.815. The molecule has 1 N–H and O–H groups in total. The van der Waals surface area contributed by atoms with Gasteiger partial charge in [0.2, 0.25) is 11.8 Å². The number of nitrogens with zero attached hydrogens (tertiary/aromatic N) is 1. The van der Waals surface area contributed by atoms with Crippen LogP contribution in [0.3, 0.4) is 0 Å². The van der Waals surface area contributed by atoms with Gasteiger partial charge in [0, 0.05) is 19.0 Å². The topological polar surface area (TPSA) is 58.6 Å². The first-order valence-corrected chi connectivity index (χ1v) is 7.06. The van der Waals surface area contributed by atoms with Crippen molar-refractivity contribution in [3.05, 3.63) is 0 Å². The molecule has 0 bridgehead atoms. The maximum Gasteiger partial charge on any atom is 0.245 e. The molecule has 2 heterocycles. The van der Waals surface area contributed by atoms with Crippen LogP contribution < -0.4 is 5.32 Å². The molecule has 19 heavy (non-hydrogen) atoms. The van der Waals surface area contributed by atoms with Gasteiger partial charge in [-0.3, -0.25) is 9.59 Å². The fourth-order valence-corrected chi connectivity index (χ4v) is 2.90. The lowest BCUT2D eigenvalue weighted by atomic mass is 10.1. The summed E-state index contributed by atoms with van der Waals surface area (Å²) in [6.07, 6.45) is 2.44. The van der Waals surface area contributed by atoms with Crippen LogP contribution in [0.15, 0.2) is 0 Å². The first-order chi connectivity index (χ1) is 8.78. The van der Waals surface area contributed by atoms with Crippen molar-refractivity contribution in [3.8, 4) is 0 Å². The third kappa shape index (κ3) is 3.26. The number of amides is 2. The van der Waals surface area contributed by atoms with Crippen LogP contribution in [0.1, 0.15) is 47.0 Å². The Kier molecular flexibility index (Phi) is 3.85. The number of hydrogen-bond acceptors (Lipinski definition) is 3. The van der Waals surface area contributed by atoms with E-state index >= 15 is 0 Å². The number of nitrogens with one attached hydrogen (secondary N) is 1. The number of ether oxygens (including phenoxy) is 1. The fourth-order valence-electron chi connectivity index (χ4n) is 2.90. The molecular formula is C14H24N2O3. The Morgan fingerprint density at radius 3 is 2.63 bits per heavy atom. The Bertz CT molecular complexity index is 381. The maximum atomic E-state index is 12.3. The molecule has 0 aromatic carbocycles. The van der Waals surface area contributed by atoms with Gasteiger partial charge in [0.25, 0.3) is 0 Å². The zero-order chi connectivity index (χ0) is 14.2. The standard InChI is InChI=1S/C14H24N2O3/c1-9-7-12(17)15-10(2)13(18)16(9)8-11-5-6-14(3,4)19-11/h9-11H,5-8H2,1-4H3,(H,15,17). The molecule has 2 aliphatic rings. The minimum absolute atomic E-state index is 0.00773. The Balaban J connectivity index is 2.04. The molecule has 2 fully saturated rings. The van der Waals surface area contributed by atoms with Gasteiger partial charge < -0.3 is 15.0 Å². The summed E-state index contributed by atoms with van der Waals surface area (Å²) < 4.78 is 5.95. The summed E-state index contributed by atoms with van der Waals surface area (Å²) in [5.74, 6) is -0.0600. The Hall–Kier alpha value is -1.10. The number of rotatable bonds is 2. The summed E-state index contributed by atoms with van der Waals surface area (Å²) in [6, 6.07) is -0.503. The van der Waals surface area contributed by atoms with Crippen LogP contribution in [0.2, 0.25) is 0 Å². The van der Waals surface area contributed by atoms with Crippen molar-refractivity contribution in [2.75, 3.05) is 6.54 Å². The maximum absolute atomic E-state index is 12.3. The summed E-state index contributed by atoms with van der Waals surface area (Å²) in [7, 11) is 0. The van der Waals surface area contributed by atoms with E-state index in [2.05, 4.69) is 19.2 Å². The van der Waals surface area contributed by atoms with Crippen molar-refractivity contribution in [2.24, 2.45) is 0 Å². The molecule has 5 nitrogen and oxygen atoms in total. The highest BCUT2D eigenvalue weighted by atomic mass is 16.5. The van der Waals surface area contributed by atoms with Crippen LogP contribution in [0, 0.1) is 0 Å². The fraction of sp³-hybridized carbons (Fsp3) is 0.857. The minimum Gasteiger partial charge on any atom is -0.371 e. The lowest BCUT2D eigenvalue weighted by Crippen LogP contribution is -2.47. The Labute approximate surface area is 114 Å². The lowest BCUT2D eigenvalue weighted by molar-refractivity contribution is -0.137. The smallest absolute Gasteiger partial charge is 0.245 e. The second-order valence-electron chi connectivity index (χ2n) is 6.37. The molecule has 2 saturated heterocycles. The van der Waals surface area contributed by atoms with Gasteiger partial charge in [0.05, 0.1) is 11.7 Å². The molecule has 0 saturated carbocycles. The molecule has 2 aliphatic heterocycles. The molecule has 0 aromatic rings. The van der Waals surface area contributed by atoms with Gasteiger partial charge in [-0.15, -0.1) is 0 Å². The molecule has 3 atom stereocenters. The van der Waals surface area contributed by atoms with Gasteiger partial charge in [-0.1, -0.05) is 0 Å². The van der Waals surface area contributed by atoms with E-state index in [1.54, 1.807) is 11.8 Å². The number of carbonyl (C=O) groups is 2. The molecule has 0 spiro atoms. The van der Waals surface area contributed by atoms with Gasteiger partial charge in [0.15, 0.2) is 0 Å². The van der Waals surface area contributed by atoms with Crippen LogP contribution in [0.4, 0.5) is 0 Å². The van der Waals surface area contributed by atoms with Crippen molar-refractivity contribution < 1.29 is 14.3 Å². The SMILES string of the molecule is CC1NC(=O)CC(C)N(CC2CCC(C)(C)O2)C1=O. The average molecular weight is 268 g/mol. The summed E-state index contributed by atoms with van der Waals surface area (Å²) in [6.45, 7) is 8.41. The molecule has 108 valence electrons. The van der Waals surface area contributed by atoms with Gasteiger partial charge in [-0.05, 0) is 40.5 Å². The predicted molar refractivity (Wildman–Crippen MR) is 71.6 cm³/mol. The van der Waals surface area contributed by atoms with Crippen LogP contribution in [0.25, 0.3) is 0 Å². The zero-order valence-corrected chi connectivity index (χ0v) is 12.2. The number of hydrogen-bond donors (Lipinski definition) is 1. The highest BCUT2D eigenvalue weighted by molar-refractivity contribution is 5.90. The molecule has 3 unspecified atom stereocenters. The van der Waals surface area contributed by atoms with Crippen molar-refractivity contribution >= 4 is 11.8 Å². The summed E-state index contributed by atoms with van der Waals surface area (Å²) in [5.41, 5.74) is -0.0948. The first-order valence-electron chi connectivity index (χ1n) is 7.06. The summed E-state index contributed by atoms with van der Waals surface area (Å²) in [4.78, 5) is 25.7.